The predicted molar refractivity (Wildman–Crippen MR) is 133 cm³/mol. The van der Waals surface area contributed by atoms with Crippen molar-refractivity contribution in [3.63, 3.8) is 0 Å². The summed E-state index contributed by atoms with van der Waals surface area (Å²) in [5, 5.41) is 7.36. The maximum atomic E-state index is 14.7. The van der Waals surface area contributed by atoms with E-state index in [-0.39, 0.29) is 27.9 Å². The van der Waals surface area contributed by atoms with Gasteiger partial charge in [-0.05, 0) is 43.9 Å². The minimum absolute atomic E-state index is 0.0382. The Kier molecular flexibility index (Phi) is 6.30. The Morgan fingerprint density at radius 1 is 1.00 bits per heavy atom. The fraction of sp³-hybridized carbons (Fsp3) is 0.440. The summed E-state index contributed by atoms with van der Waals surface area (Å²) in [6.07, 6.45) is 6.56. The van der Waals surface area contributed by atoms with Gasteiger partial charge >= 0.3 is 0 Å². The summed E-state index contributed by atoms with van der Waals surface area (Å²) >= 11 is 11.9. The molecule has 7 nitrogen and oxygen atoms in total. The molecular formula is C25H25Cl2FN4O3. The average Bonchev–Trinajstić information content (AvgIpc) is 3.49. The van der Waals surface area contributed by atoms with Crippen molar-refractivity contribution in [1.82, 2.24) is 15.3 Å². The van der Waals surface area contributed by atoms with Gasteiger partial charge < -0.3 is 24.8 Å². The molecule has 10 heteroatoms. The van der Waals surface area contributed by atoms with Gasteiger partial charge in [-0.25, -0.2) is 14.4 Å². The molecule has 3 fully saturated rings. The highest BCUT2D eigenvalue weighted by molar-refractivity contribution is 6.42. The molecule has 3 aromatic rings. The van der Waals surface area contributed by atoms with Crippen LogP contribution in [0.5, 0.6) is 11.5 Å². The molecule has 1 unspecified atom stereocenters. The van der Waals surface area contributed by atoms with Gasteiger partial charge in [-0.15, -0.1) is 0 Å². The van der Waals surface area contributed by atoms with Crippen LogP contribution in [-0.2, 0) is 4.74 Å². The highest BCUT2D eigenvalue weighted by Gasteiger charge is 2.35. The van der Waals surface area contributed by atoms with E-state index in [1.165, 1.54) is 31.3 Å². The molecule has 2 aromatic carbocycles. The lowest BCUT2D eigenvalue weighted by Gasteiger charge is -2.30. The van der Waals surface area contributed by atoms with Crippen molar-refractivity contribution in [2.24, 2.45) is 0 Å². The van der Waals surface area contributed by atoms with E-state index in [0.29, 0.717) is 53.5 Å². The third kappa shape index (κ3) is 4.72. The maximum Gasteiger partial charge on any atom is 0.166 e. The maximum absolute atomic E-state index is 14.7. The van der Waals surface area contributed by atoms with E-state index >= 15 is 0 Å². The Hall–Kier alpha value is -2.39. The number of rotatable bonds is 6. The van der Waals surface area contributed by atoms with E-state index in [1.54, 1.807) is 0 Å². The van der Waals surface area contributed by atoms with Crippen LogP contribution in [-0.4, -0.2) is 47.5 Å². The van der Waals surface area contributed by atoms with Crippen LogP contribution >= 0.6 is 23.2 Å². The topological polar surface area (TPSA) is 77.5 Å². The number of ether oxygens (including phenoxy) is 3. The molecule has 184 valence electrons. The minimum Gasteiger partial charge on any atom is -0.486 e. The van der Waals surface area contributed by atoms with E-state index in [2.05, 4.69) is 20.6 Å². The van der Waals surface area contributed by atoms with Crippen LogP contribution in [0.1, 0.15) is 32.1 Å². The molecule has 35 heavy (non-hydrogen) atoms. The number of nitrogens with zero attached hydrogens (tertiary/aromatic N) is 2. The molecule has 1 aromatic heterocycles. The highest BCUT2D eigenvalue weighted by atomic mass is 35.5. The Bertz CT molecular complexity index is 1250. The summed E-state index contributed by atoms with van der Waals surface area (Å²) in [5.74, 6) is 1.04. The fourth-order valence-electron chi connectivity index (χ4n) is 5.16. The molecule has 3 saturated heterocycles. The fourth-order valence-corrected chi connectivity index (χ4v) is 5.47. The zero-order valence-corrected chi connectivity index (χ0v) is 20.4. The van der Waals surface area contributed by atoms with Gasteiger partial charge in [-0.1, -0.05) is 23.2 Å². The van der Waals surface area contributed by atoms with Gasteiger partial charge in [-0.2, -0.15) is 0 Å². The number of fused-ring (bicyclic) bond motifs is 3. The third-order valence-corrected chi connectivity index (χ3v) is 7.68. The molecule has 4 heterocycles. The van der Waals surface area contributed by atoms with Crippen LogP contribution in [0.15, 0.2) is 30.6 Å². The van der Waals surface area contributed by atoms with Crippen LogP contribution in [0.4, 0.5) is 15.9 Å². The zero-order chi connectivity index (χ0) is 23.9. The molecule has 0 spiro atoms. The third-order valence-electron chi connectivity index (χ3n) is 6.89. The summed E-state index contributed by atoms with van der Waals surface area (Å²) in [4.78, 5) is 8.79. The summed E-state index contributed by atoms with van der Waals surface area (Å²) in [6.45, 7) is 1.22. The van der Waals surface area contributed by atoms with Gasteiger partial charge in [0.15, 0.2) is 17.3 Å². The molecule has 2 N–H and O–H groups in total. The number of aromatic nitrogens is 2. The van der Waals surface area contributed by atoms with Gasteiger partial charge in [0.1, 0.15) is 24.4 Å². The molecule has 2 bridgehead atoms. The molecule has 0 radical (unpaired) electrons. The van der Waals surface area contributed by atoms with E-state index in [9.17, 15) is 4.39 Å². The molecule has 3 aliphatic heterocycles. The molecule has 4 atom stereocenters. The first-order valence-corrected chi connectivity index (χ1v) is 12.7. The lowest BCUT2D eigenvalue weighted by atomic mass is 10.0. The van der Waals surface area contributed by atoms with Gasteiger partial charge in [0.05, 0.1) is 34.5 Å². The molecule has 3 aliphatic rings. The van der Waals surface area contributed by atoms with Crippen molar-refractivity contribution in [3.05, 3.63) is 46.5 Å². The molecular weight excluding hydrogens is 494 g/mol. The van der Waals surface area contributed by atoms with Gasteiger partial charge in [-0.3, -0.25) is 0 Å². The summed E-state index contributed by atoms with van der Waals surface area (Å²) < 4.78 is 33.1. The van der Waals surface area contributed by atoms with Gasteiger partial charge in [0.2, 0.25) is 0 Å². The predicted octanol–water partition coefficient (Wildman–Crippen LogP) is 5.65. The first kappa shape index (κ1) is 23.0. The Morgan fingerprint density at radius 3 is 2.54 bits per heavy atom. The first-order valence-electron chi connectivity index (χ1n) is 11.9. The number of hydrogen-bond donors (Lipinski definition) is 2. The van der Waals surface area contributed by atoms with Crippen LogP contribution in [0, 0.1) is 5.82 Å². The van der Waals surface area contributed by atoms with Crippen LogP contribution in [0.2, 0.25) is 10.0 Å². The molecule has 0 amide bonds. The van der Waals surface area contributed by atoms with Crippen molar-refractivity contribution >= 4 is 45.6 Å². The van der Waals surface area contributed by atoms with Crippen LogP contribution in [0.3, 0.4) is 0 Å². The quantitative estimate of drug-likeness (QED) is 0.408. The van der Waals surface area contributed by atoms with Gasteiger partial charge in [0.25, 0.3) is 0 Å². The second-order valence-electron chi connectivity index (χ2n) is 9.34. The number of piperidine rings is 1. The zero-order valence-electron chi connectivity index (χ0n) is 18.9. The molecule has 6 rings (SSSR count). The molecule has 0 aliphatic carbocycles. The standard InChI is InChI=1S/C25H25Cl2FN4O3/c26-18-3-4-19(24(28)23(18)27)32-25-17-9-21(35-16-7-13-1-2-14(8-16)31-13)22(10-20(17)29-12-30-25)34-15-5-6-33-11-15/h3-4,9-10,12-16,31H,1-2,5-8,11H2,(H,29,30,32)/t13-,14+,15-,16?/m0/s1. The Labute approximate surface area is 212 Å². The number of benzene rings is 2. The summed E-state index contributed by atoms with van der Waals surface area (Å²) in [7, 11) is 0. The number of halogens is 3. The van der Waals surface area contributed by atoms with Crippen molar-refractivity contribution in [2.45, 2.75) is 56.4 Å². The SMILES string of the molecule is Fc1c(Nc2ncnc3cc(O[C@H]4CCOC4)c(OC4C[C@H]5CC[C@@H](C4)N5)cc23)ccc(Cl)c1Cl. The van der Waals surface area contributed by atoms with Crippen molar-refractivity contribution in [1.29, 1.82) is 0 Å². The van der Waals surface area contributed by atoms with E-state index < -0.39 is 5.82 Å². The number of nitrogens with one attached hydrogen (secondary N) is 2. The minimum atomic E-state index is -0.645. The summed E-state index contributed by atoms with van der Waals surface area (Å²) in [6, 6.07) is 7.78. The molecule has 0 saturated carbocycles. The first-order chi connectivity index (χ1) is 17.0. The normalized spacial score (nSPS) is 25.7. The second-order valence-corrected chi connectivity index (χ2v) is 10.1. The summed E-state index contributed by atoms with van der Waals surface area (Å²) in [5.41, 5.74) is 0.815. The Morgan fingerprint density at radius 2 is 1.77 bits per heavy atom. The Balaban J connectivity index is 1.36. The average molecular weight is 519 g/mol. The lowest BCUT2D eigenvalue weighted by molar-refractivity contribution is 0.116. The van der Waals surface area contributed by atoms with Crippen molar-refractivity contribution in [3.8, 4) is 11.5 Å². The number of anilines is 2. The lowest BCUT2D eigenvalue weighted by Crippen LogP contribution is -2.42. The monoisotopic (exact) mass is 518 g/mol. The number of hydrogen-bond acceptors (Lipinski definition) is 7. The second kappa shape index (κ2) is 9.58. The largest absolute Gasteiger partial charge is 0.486 e. The van der Waals surface area contributed by atoms with E-state index in [0.717, 1.165) is 19.3 Å². The van der Waals surface area contributed by atoms with Crippen molar-refractivity contribution < 1.29 is 18.6 Å². The van der Waals surface area contributed by atoms with Crippen molar-refractivity contribution in [2.75, 3.05) is 18.5 Å². The smallest absolute Gasteiger partial charge is 0.166 e. The van der Waals surface area contributed by atoms with Gasteiger partial charge in [0, 0.05) is 30.0 Å². The van der Waals surface area contributed by atoms with E-state index in [4.69, 9.17) is 37.4 Å². The van der Waals surface area contributed by atoms with Crippen LogP contribution in [0.25, 0.3) is 10.9 Å². The van der Waals surface area contributed by atoms with E-state index in [1.807, 2.05) is 12.1 Å². The van der Waals surface area contributed by atoms with Crippen LogP contribution < -0.4 is 20.1 Å². The highest BCUT2D eigenvalue weighted by Crippen LogP contribution is 2.39.